The highest BCUT2D eigenvalue weighted by Gasteiger charge is 2.12. The van der Waals surface area contributed by atoms with Gasteiger partial charge in [-0.2, -0.15) is 8.78 Å². The molecule has 3 aromatic rings. The third-order valence-corrected chi connectivity index (χ3v) is 4.25. The van der Waals surface area contributed by atoms with Gasteiger partial charge in [0.15, 0.2) is 0 Å². The van der Waals surface area contributed by atoms with Crippen LogP contribution < -0.4 is 15.4 Å². The molecule has 0 bridgehead atoms. The van der Waals surface area contributed by atoms with Crippen molar-refractivity contribution in [2.45, 2.75) is 20.1 Å². The molecule has 2 N–H and O–H groups in total. The summed E-state index contributed by atoms with van der Waals surface area (Å²) in [5.41, 5.74) is 3.18. The topological polar surface area (TPSA) is 68.2 Å². The van der Waals surface area contributed by atoms with E-state index in [1.165, 1.54) is 18.2 Å². The summed E-state index contributed by atoms with van der Waals surface area (Å²) in [7, 11) is 1.87. The molecule has 3 rings (SSSR count). The van der Waals surface area contributed by atoms with E-state index in [4.69, 9.17) is 11.6 Å². The van der Waals surface area contributed by atoms with Crippen molar-refractivity contribution in [1.29, 1.82) is 0 Å². The zero-order valence-corrected chi connectivity index (χ0v) is 15.3. The van der Waals surface area contributed by atoms with Crippen molar-refractivity contribution in [2.24, 2.45) is 7.05 Å². The Balaban J connectivity index is 1.66. The molecular weight excluding hydrogens is 378 g/mol. The van der Waals surface area contributed by atoms with Gasteiger partial charge in [-0.3, -0.25) is 0 Å². The largest absolute Gasteiger partial charge is 0.433 e. The quantitative estimate of drug-likeness (QED) is 0.671. The van der Waals surface area contributed by atoms with E-state index in [0.29, 0.717) is 5.82 Å². The summed E-state index contributed by atoms with van der Waals surface area (Å²) >= 11 is 5.79. The molecule has 6 nitrogen and oxygen atoms in total. The second-order valence-electron chi connectivity index (χ2n) is 5.91. The number of ether oxygens (including phenoxy) is 1. The lowest BCUT2D eigenvalue weighted by atomic mass is 10.2. The molecule has 0 atom stereocenters. The molecule has 0 fully saturated rings. The third kappa shape index (κ3) is 4.46. The summed E-state index contributed by atoms with van der Waals surface area (Å²) in [6.07, 6.45) is 0. The Bertz CT molecular complexity index is 991. The lowest BCUT2D eigenvalue weighted by molar-refractivity contribution is -0.0497. The number of carbonyl (C=O) groups excluding carboxylic acids is 1. The normalized spacial score (nSPS) is 11.0. The lowest BCUT2D eigenvalue weighted by Gasteiger charge is -2.11. The molecule has 2 amide bonds. The fourth-order valence-electron chi connectivity index (χ4n) is 2.62. The summed E-state index contributed by atoms with van der Waals surface area (Å²) in [5, 5.41) is 5.25. The fourth-order valence-corrected chi connectivity index (χ4v) is 2.78. The van der Waals surface area contributed by atoms with Crippen LogP contribution >= 0.6 is 11.6 Å². The Labute approximate surface area is 159 Å². The lowest BCUT2D eigenvalue weighted by Crippen LogP contribution is -2.29. The minimum Gasteiger partial charge on any atom is -0.433 e. The standard InChI is InChI=1S/C18H17ClF2N4O2/c1-10-3-6-14-13(7-10)24-16(25(14)2)9-22-18(26)23-11-4-5-12(19)15(8-11)27-17(20)21/h3-8,17H,9H2,1-2H3,(H2,22,23,26). The van der Waals surface area contributed by atoms with E-state index in [1.54, 1.807) is 0 Å². The van der Waals surface area contributed by atoms with Crippen LogP contribution in [0.5, 0.6) is 5.75 Å². The van der Waals surface area contributed by atoms with Crippen molar-refractivity contribution in [1.82, 2.24) is 14.9 Å². The molecule has 0 aliphatic rings. The van der Waals surface area contributed by atoms with Crippen LogP contribution in [0.25, 0.3) is 11.0 Å². The van der Waals surface area contributed by atoms with Crippen molar-refractivity contribution in [3.05, 3.63) is 52.8 Å². The van der Waals surface area contributed by atoms with Gasteiger partial charge in [0.1, 0.15) is 11.6 Å². The van der Waals surface area contributed by atoms with E-state index in [1.807, 2.05) is 36.7 Å². The molecule has 9 heteroatoms. The SMILES string of the molecule is Cc1ccc2c(c1)nc(CNC(=O)Nc1ccc(Cl)c(OC(F)F)c1)n2C. The summed E-state index contributed by atoms with van der Waals surface area (Å²) in [6.45, 7) is -0.825. The molecule has 0 unspecified atom stereocenters. The molecule has 0 saturated heterocycles. The molecule has 0 aliphatic carbocycles. The van der Waals surface area contributed by atoms with Crippen molar-refractivity contribution in [3.8, 4) is 5.75 Å². The molecule has 1 aromatic heterocycles. The van der Waals surface area contributed by atoms with E-state index in [0.717, 1.165) is 16.6 Å². The van der Waals surface area contributed by atoms with E-state index >= 15 is 0 Å². The number of imidazole rings is 1. The van der Waals surface area contributed by atoms with Crippen LogP contribution in [0.15, 0.2) is 36.4 Å². The number of halogens is 3. The van der Waals surface area contributed by atoms with Crippen molar-refractivity contribution < 1.29 is 18.3 Å². The number of hydrogen-bond donors (Lipinski definition) is 2. The predicted octanol–water partition coefficient (Wildman–Crippen LogP) is 4.46. The number of urea groups is 1. The Kier molecular flexibility index (Phi) is 5.46. The van der Waals surface area contributed by atoms with Gasteiger partial charge < -0.3 is 19.9 Å². The number of carbonyl (C=O) groups is 1. The van der Waals surface area contributed by atoms with Crippen molar-refractivity contribution in [3.63, 3.8) is 0 Å². The van der Waals surface area contributed by atoms with Crippen LogP contribution in [0.4, 0.5) is 19.3 Å². The van der Waals surface area contributed by atoms with E-state index in [9.17, 15) is 13.6 Å². The first-order valence-corrected chi connectivity index (χ1v) is 8.42. The molecule has 1 heterocycles. The van der Waals surface area contributed by atoms with Crippen molar-refractivity contribution in [2.75, 3.05) is 5.32 Å². The average molecular weight is 395 g/mol. The molecule has 27 heavy (non-hydrogen) atoms. The monoisotopic (exact) mass is 394 g/mol. The van der Waals surface area contributed by atoms with E-state index in [2.05, 4.69) is 20.4 Å². The van der Waals surface area contributed by atoms with Gasteiger partial charge in [0, 0.05) is 18.8 Å². The number of aromatic nitrogens is 2. The molecule has 0 saturated carbocycles. The summed E-state index contributed by atoms with van der Waals surface area (Å²) in [6, 6.07) is 9.50. The number of rotatable bonds is 5. The zero-order valence-electron chi connectivity index (χ0n) is 14.6. The molecule has 0 aliphatic heterocycles. The first kappa shape index (κ1) is 18.9. The second-order valence-corrected chi connectivity index (χ2v) is 6.32. The Hall–Kier alpha value is -2.87. The van der Waals surface area contributed by atoms with Crippen molar-refractivity contribution >= 4 is 34.4 Å². The summed E-state index contributed by atoms with van der Waals surface area (Å²) in [5.74, 6) is 0.471. The maximum absolute atomic E-state index is 12.4. The van der Waals surface area contributed by atoms with E-state index in [-0.39, 0.29) is 23.0 Å². The number of amides is 2. The van der Waals surface area contributed by atoms with E-state index < -0.39 is 12.6 Å². The Morgan fingerprint density at radius 1 is 1.30 bits per heavy atom. The van der Waals surface area contributed by atoms with Crippen LogP contribution in [0.1, 0.15) is 11.4 Å². The summed E-state index contributed by atoms with van der Waals surface area (Å²) < 4.78 is 30.9. The minimum atomic E-state index is -3.01. The summed E-state index contributed by atoms with van der Waals surface area (Å²) in [4.78, 5) is 16.6. The molecule has 2 aromatic carbocycles. The zero-order chi connectivity index (χ0) is 19.6. The number of nitrogens with zero attached hydrogens (tertiary/aromatic N) is 2. The number of fused-ring (bicyclic) bond motifs is 1. The van der Waals surface area contributed by atoms with Gasteiger partial charge in [0.05, 0.1) is 22.6 Å². The molecule has 0 radical (unpaired) electrons. The van der Waals surface area contributed by atoms with Crippen LogP contribution in [0, 0.1) is 6.92 Å². The highest BCUT2D eigenvalue weighted by molar-refractivity contribution is 6.32. The number of alkyl halides is 2. The maximum atomic E-state index is 12.4. The Morgan fingerprint density at radius 2 is 2.07 bits per heavy atom. The second kappa shape index (κ2) is 7.79. The van der Waals surface area contributed by atoms with Crippen LogP contribution in [-0.4, -0.2) is 22.2 Å². The molecule has 0 spiro atoms. The minimum absolute atomic E-state index is 0.0243. The predicted molar refractivity (Wildman–Crippen MR) is 99.4 cm³/mol. The Morgan fingerprint density at radius 3 is 2.81 bits per heavy atom. The smallest absolute Gasteiger partial charge is 0.387 e. The van der Waals surface area contributed by atoms with Gasteiger partial charge in [0.25, 0.3) is 0 Å². The van der Waals surface area contributed by atoms with Gasteiger partial charge in [-0.1, -0.05) is 17.7 Å². The number of benzene rings is 2. The maximum Gasteiger partial charge on any atom is 0.387 e. The first-order valence-electron chi connectivity index (χ1n) is 8.04. The van der Waals surface area contributed by atoms with Crippen LogP contribution in [0.3, 0.4) is 0 Å². The molecular formula is C18H17ClF2N4O2. The van der Waals surface area contributed by atoms with Crippen LogP contribution in [-0.2, 0) is 13.6 Å². The highest BCUT2D eigenvalue weighted by Crippen LogP contribution is 2.29. The number of aryl methyl sites for hydroxylation is 2. The van der Waals surface area contributed by atoms with Gasteiger partial charge in [0.2, 0.25) is 0 Å². The van der Waals surface area contributed by atoms with Crippen LogP contribution in [0.2, 0.25) is 5.02 Å². The van der Waals surface area contributed by atoms with Gasteiger partial charge in [-0.15, -0.1) is 0 Å². The number of nitrogens with one attached hydrogen (secondary N) is 2. The number of hydrogen-bond acceptors (Lipinski definition) is 3. The first-order chi connectivity index (χ1) is 12.8. The van der Waals surface area contributed by atoms with Gasteiger partial charge in [-0.05, 0) is 36.8 Å². The fraction of sp³-hybridized carbons (Fsp3) is 0.222. The molecule has 142 valence electrons. The highest BCUT2D eigenvalue weighted by atomic mass is 35.5. The third-order valence-electron chi connectivity index (χ3n) is 3.94. The number of anilines is 1. The van der Waals surface area contributed by atoms with Gasteiger partial charge >= 0.3 is 12.6 Å². The average Bonchev–Trinajstić information content (AvgIpc) is 2.91. The van der Waals surface area contributed by atoms with Gasteiger partial charge in [-0.25, -0.2) is 9.78 Å².